The Balaban J connectivity index is 1.94. The molecule has 2 N–H and O–H groups in total. The third-order valence-electron chi connectivity index (χ3n) is 2.71. The summed E-state index contributed by atoms with van der Waals surface area (Å²) in [6.07, 6.45) is 0. The van der Waals surface area contributed by atoms with Gasteiger partial charge in [0.05, 0.1) is 6.07 Å². The SMILES string of the molecule is CC(=O)NCCNC(C#N)c1ccc2c(c1)OCO2. The maximum Gasteiger partial charge on any atom is 0.231 e. The van der Waals surface area contributed by atoms with Gasteiger partial charge < -0.3 is 14.8 Å². The zero-order valence-corrected chi connectivity index (χ0v) is 10.6. The molecule has 1 unspecified atom stereocenters. The van der Waals surface area contributed by atoms with Gasteiger partial charge in [0.15, 0.2) is 11.5 Å². The second-order valence-corrected chi connectivity index (χ2v) is 4.11. The largest absolute Gasteiger partial charge is 0.454 e. The quantitative estimate of drug-likeness (QED) is 0.762. The van der Waals surface area contributed by atoms with E-state index in [9.17, 15) is 4.79 Å². The molecule has 0 fully saturated rings. The van der Waals surface area contributed by atoms with Crippen LogP contribution in [-0.4, -0.2) is 25.8 Å². The van der Waals surface area contributed by atoms with Gasteiger partial charge in [-0.15, -0.1) is 0 Å². The molecular formula is C13H15N3O3. The summed E-state index contributed by atoms with van der Waals surface area (Å²) >= 11 is 0. The zero-order valence-electron chi connectivity index (χ0n) is 10.6. The number of nitrogens with one attached hydrogen (secondary N) is 2. The van der Waals surface area contributed by atoms with Crippen LogP contribution in [0.1, 0.15) is 18.5 Å². The van der Waals surface area contributed by atoms with Gasteiger partial charge in [-0.25, -0.2) is 0 Å². The van der Waals surface area contributed by atoms with Crippen molar-refractivity contribution in [2.75, 3.05) is 19.9 Å². The first-order valence-corrected chi connectivity index (χ1v) is 5.97. The highest BCUT2D eigenvalue weighted by Gasteiger charge is 2.17. The molecule has 0 aliphatic carbocycles. The molecular weight excluding hydrogens is 246 g/mol. The van der Waals surface area contributed by atoms with E-state index in [4.69, 9.17) is 14.7 Å². The summed E-state index contributed by atoms with van der Waals surface area (Å²) in [5.41, 5.74) is 0.814. The maximum atomic E-state index is 10.7. The van der Waals surface area contributed by atoms with Crippen molar-refractivity contribution in [3.63, 3.8) is 0 Å². The molecule has 0 aromatic heterocycles. The van der Waals surface area contributed by atoms with Gasteiger partial charge in [0, 0.05) is 20.0 Å². The van der Waals surface area contributed by atoms with Crippen molar-refractivity contribution in [2.24, 2.45) is 0 Å². The summed E-state index contributed by atoms with van der Waals surface area (Å²) in [6, 6.07) is 7.14. The van der Waals surface area contributed by atoms with Gasteiger partial charge >= 0.3 is 0 Å². The molecule has 19 heavy (non-hydrogen) atoms. The van der Waals surface area contributed by atoms with Crippen molar-refractivity contribution in [3.05, 3.63) is 23.8 Å². The number of nitrogens with zero attached hydrogens (tertiary/aromatic N) is 1. The van der Waals surface area contributed by atoms with Crippen molar-refractivity contribution in [1.29, 1.82) is 5.26 Å². The minimum Gasteiger partial charge on any atom is -0.454 e. The lowest BCUT2D eigenvalue weighted by atomic mass is 10.1. The minimum absolute atomic E-state index is 0.0848. The summed E-state index contributed by atoms with van der Waals surface area (Å²) in [7, 11) is 0. The molecule has 0 radical (unpaired) electrons. The predicted molar refractivity (Wildman–Crippen MR) is 67.6 cm³/mol. The fraction of sp³-hybridized carbons (Fsp3) is 0.385. The van der Waals surface area contributed by atoms with E-state index < -0.39 is 6.04 Å². The second-order valence-electron chi connectivity index (χ2n) is 4.11. The Hall–Kier alpha value is -2.26. The van der Waals surface area contributed by atoms with Crippen LogP contribution in [-0.2, 0) is 4.79 Å². The number of benzene rings is 1. The summed E-state index contributed by atoms with van der Waals surface area (Å²) < 4.78 is 10.5. The van der Waals surface area contributed by atoms with Crippen LogP contribution in [0.2, 0.25) is 0 Å². The molecule has 0 saturated carbocycles. The second kappa shape index (κ2) is 6.07. The minimum atomic E-state index is -0.441. The van der Waals surface area contributed by atoms with Crippen LogP contribution in [0.4, 0.5) is 0 Å². The Kier molecular flexibility index (Phi) is 4.21. The number of hydrogen-bond donors (Lipinski definition) is 2. The van der Waals surface area contributed by atoms with Crippen LogP contribution in [0, 0.1) is 11.3 Å². The first kappa shape index (κ1) is 13.2. The third-order valence-corrected chi connectivity index (χ3v) is 2.71. The van der Waals surface area contributed by atoms with Gasteiger partial charge in [0.1, 0.15) is 6.04 Å². The standard InChI is InChI=1S/C13H15N3O3/c1-9(17)15-4-5-16-11(7-14)10-2-3-12-13(6-10)19-8-18-12/h2-3,6,11,16H,4-5,8H2,1H3,(H,15,17). The van der Waals surface area contributed by atoms with E-state index in [2.05, 4.69) is 16.7 Å². The summed E-state index contributed by atoms with van der Waals surface area (Å²) in [5.74, 6) is 1.26. The number of carbonyl (C=O) groups excluding carboxylic acids is 1. The lowest BCUT2D eigenvalue weighted by Gasteiger charge is -2.12. The van der Waals surface area contributed by atoms with Crippen molar-refractivity contribution >= 4 is 5.91 Å². The molecule has 0 bridgehead atoms. The topological polar surface area (TPSA) is 83.4 Å². The lowest BCUT2D eigenvalue weighted by Crippen LogP contribution is -2.32. The molecule has 1 atom stereocenters. The van der Waals surface area contributed by atoms with Gasteiger partial charge in [-0.3, -0.25) is 10.1 Å². The van der Waals surface area contributed by atoms with Gasteiger partial charge in [-0.2, -0.15) is 5.26 Å². The number of amides is 1. The monoisotopic (exact) mass is 261 g/mol. The Morgan fingerprint density at radius 2 is 2.21 bits per heavy atom. The number of nitriles is 1. The van der Waals surface area contributed by atoms with E-state index in [1.54, 1.807) is 12.1 Å². The maximum absolute atomic E-state index is 10.7. The molecule has 1 aliphatic rings. The van der Waals surface area contributed by atoms with E-state index in [1.807, 2.05) is 6.07 Å². The molecule has 1 aromatic rings. The first-order chi connectivity index (χ1) is 9.20. The molecule has 100 valence electrons. The Bertz CT molecular complexity index is 510. The van der Waals surface area contributed by atoms with Gasteiger partial charge in [0.2, 0.25) is 12.7 Å². The molecule has 6 heteroatoms. The Morgan fingerprint density at radius 1 is 1.42 bits per heavy atom. The van der Waals surface area contributed by atoms with Crippen LogP contribution < -0.4 is 20.1 Å². The first-order valence-electron chi connectivity index (χ1n) is 5.97. The highest BCUT2D eigenvalue weighted by Crippen LogP contribution is 2.33. The summed E-state index contributed by atoms with van der Waals surface area (Å²) in [5, 5.41) is 14.9. The van der Waals surface area contributed by atoms with E-state index in [0.29, 0.717) is 24.6 Å². The third kappa shape index (κ3) is 3.36. The number of ether oxygens (including phenoxy) is 2. The Morgan fingerprint density at radius 3 is 2.95 bits per heavy atom. The summed E-state index contributed by atoms with van der Waals surface area (Å²) in [6.45, 7) is 2.68. The molecule has 1 aliphatic heterocycles. The average Bonchev–Trinajstić information content (AvgIpc) is 2.85. The van der Waals surface area contributed by atoms with Crippen molar-refractivity contribution in [1.82, 2.24) is 10.6 Å². The molecule has 1 aromatic carbocycles. The molecule has 0 spiro atoms. The van der Waals surface area contributed by atoms with Gasteiger partial charge in [-0.05, 0) is 17.7 Å². The van der Waals surface area contributed by atoms with Crippen LogP contribution in [0.25, 0.3) is 0 Å². The van der Waals surface area contributed by atoms with Crippen LogP contribution in [0.5, 0.6) is 11.5 Å². The predicted octanol–water partition coefficient (Wildman–Crippen LogP) is 0.706. The molecule has 0 saturated heterocycles. The van der Waals surface area contributed by atoms with Gasteiger partial charge in [-0.1, -0.05) is 6.07 Å². The highest BCUT2D eigenvalue weighted by molar-refractivity contribution is 5.72. The average molecular weight is 261 g/mol. The fourth-order valence-corrected chi connectivity index (χ4v) is 1.79. The number of hydrogen-bond acceptors (Lipinski definition) is 5. The Labute approximate surface area is 111 Å². The zero-order chi connectivity index (χ0) is 13.7. The number of carbonyl (C=O) groups is 1. The van der Waals surface area contributed by atoms with Crippen LogP contribution >= 0.6 is 0 Å². The van der Waals surface area contributed by atoms with E-state index in [1.165, 1.54) is 6.92 Å². The molecule has 1 amide bonds. The molecule has 1 heterocycles. The number of rotatable bonds is 5. The normalized spacial score (nSPS) is 13.7. The van der Waals surface area contributed by atoms with E-state index >= 15 is 0 Å². The summed E-state index contributed by atoms with van der Waals surface area (Å²) in [4.78, 5) is 10.7. The van der Waals surface area contributed by atoms with Crippen LogP contribution in [0.15, 0.2) is 18.2 Å². The fourth-order valence-electron chi connectivity index (χ4n) is 1.79. The smallest absolute Gasteiger partial charge is 0.231 e. The van der Waals surface area contributed by atoms with Gasteiger partial charge in [0.25, 0.3) is 0 Å². The number of fused-ring (bicyclic) bond motifs is 1. The molecule has 6 nitrogen and oxygen atoms in total. The van der Waals surface area contributed by atoms with Crippen LogP contribution in [0.3, 0.4) is 0 Å². The molecule has 2 rings (SSSR count). The van der Waals surface area contributed by atoms with Crippen molar-refractivity contribution in [3.8, 4) is 17.6 Å². The lowest BCUT2D eigenvalue weighted by molar-refractivity contribution is -0.118. The van der Waals surface area contributed by atoms with E-state index in [-0.39, 0.29) is 12.7 Å². The van der Waals surface area contributed by atoms with Crippen molar-refractivity contribution < 1.29 is 14.3 Å². The van der Waals surface area contributed by atoms with Crippen molar-refractivity contribution in [2.45, 2.75) is 13.0 Å². The highest BCUT2D eigenvalue weighted by atomic mass is 16.7. The van der Waals surface area contributed by atoms with E-state index in [0.717, 1.165) is 5.56 Å².